The van der Waals surface area contributed by atoms with Gasteiger partial charge >= 0.3 is 0 Å². The third kappa shape index (κ3) is 4.60. The van der Waals surface area contributed by atoms with Crippen molar-refractivity contribution in [3.8, 4) is 22.3 Å². The van der Waals surface area contributed by atoms with Gasteiger partial charge in [-0.05, 0) is 52.9 Å². The van der Waals surface area contributed by atoms with Gasteiger partial charge in [-0.25, -0.2) is 0 Å². The summed E-state index contributed by atoms with van der Waals surface area (Å²) in [5.74, 6) is -0.656. The highest BCUT2D eigenvalue weighted by Gasteiger charge is 2.31. The van der Waals surface area contributed by atoms with Gasteiger partial charge in [-0.1, -0.05) is 78.9 Å². The molecule has 0 saturated heterocycles. The first-order chi connectivity index (χ1) is 18.5. The Hall–Kier alpha value is -4.97. The van der Waals surface area contributed by atoms with Crippen molar-refractivity contribution in [1.82, 2.24) is 15.5 Å². The first kappa shape index (κ1) is 23.4. The molecule has 0 spiro atoms. The fourth-order valence-electron chi connectivity index (χ4n) is 5.10. The summed E-state index contributed by atoms with van der Waals surface area (Å²) in [5.41, 5.74) is 8.19. The zero-order valence-electron chi connectivity index (χ0n) is 20.9. The molecule has 2 heterocycles. The summed E-state index contributed by atoms with van der Waals surface area (Å²) < 4.78 is 0. The van der Waals surface area contributed by atoms with E-state index in [1.165, 1.54) is 11.1 Å². The monoisotopic (exact) mass is 498 g/mol. The molecule has 1 unspecified atom stereocenters. The minimum atomic E-state index is -0.337. The van der Waals surface area contributed by atoms with Crippen molar-refractivity contribution < 1.29 is 9.59 Å². The van der Waals surface area contributed by atoms with Crippen molar-refractivity contribution in [3.63, 3.8) is 0 Å². The number of aromatic amines is 1. The number of nitrogens with zero attached hydrogens (tertiary/aromatic N) is 1. The van der Waals surface area contributed by atoms with Crippen LogP contribution in [0, 0.1) is 0 Å². The number of allylic oxidation sites excluding steroid dienone is 1. The molecule has 0 saturated carbocycles. The highest BCUT2D eigenvalue weighted by molar-refractivity contribution is 6.07. The fourth-order valence-corrected chi connectivity index (χ4v) is 5.10. The Bertz CT molecular complexity index is 1670. The first-order valence-corrected chi connectivity index (χ1v) is 12.6. The standard InChI is InChI=1S/C32H26N4O2/c1-20-31(32(38)35-27-15-16-29-26(17-27)19-33-36-29)28(18-30(37)34-20)25-13-11-24(12-14-25)23-9-7-22(8-10-23)21-5-3-2-4-6-21/h2-17,19,28H,18H2,1H3,(H,33,36)(H,34,37)(H,35,38). The Morgan fingerprint density at radius 2 is 1.47 bits per heavy atom. The van der Waals surface area contributed by atoms with Crippen LogP contribution in [0.3, 0.4) is 0 Å². The van der Waals surface area contributed by atoms with Crippen LogP contribution in [0.15, 0.2) is 115 Å². The summed E-state index contributed by atoms with van der Waals surface area (Å²) in [6, 6.07) is 32.5. The number of hydrogen-bond acceptors (Lipinski definition) is 3. The maximum Gasteiger partial charge on any atom is 0.253 e. The van der Waals surface area contributed by atoms with Crippen molar-refractivity contribution >= 4 is 28.4 Å². The number of aromatic nitrogens is 2. The van der Waals surface area contributed by atoms with E-state index in [9.17, 15) is 9.59 Å². The number of hydrogen-bond donors (Lipinski definition) is 3. The minimum Gasteiger partial charge on any atom is -0.330 e. The van der Waals surface area contributed by atoms with Crippen LogP contribution >= 0.6 is 0 Å². The van der Waals surface area contributed by atoms with Gasteiger partial charge in [0.2, 0.25) is 5.91 Å². The number of carbonyl (C=O) groups is 2. The number of anilines is 1. The molecule has 0 aliphatic carbocycles. The zero-order valence-corrected chi connectivity index (χ0v) is 20.9. The number of carbonyl (C=O) groups excluding carboxylic acids is 2. The maximum atomic E-state index is 13.4. The molecule has 1 aliphatic heterocycles. The van der Waals surface area contributed by atoms with E-state index in [-0.39, 0.29) is 24.2 Å². The topological polar surface area (TPSA) is 86.9 Å². The van der Waals surface area contributed by atoms with E-state index in [0.717, 1.165) is 27.6 Å². The van der Waals surface area contributed by atoms with Gasteiger partial charge in [-0.15, -0.1) is 0 Å². The van der Waals surface area contributed by atoms with Crippen LogP contribution in [0.25, 0.3) is 33.2 Å². The lowest BCUT2D eigenvalue weighted by atomic mass is 9.83. The Morgan fingerprint density at radius 3 is 2.16 bits per heavy atom. The number of rotatable bonds is 5. The second-order valence-corrected chi connectivity index (χ2v) is 9.54. The van der Waals surface area contributed by atoms with Crippen LogP contribution in [0.5, 0.6) is 0 Å². The summed E-state index contributed by atoms with van der Waals surface area (Å²) in [6.45, 7) is 1.78. The predicted octanol–water partition coefficient (Wildman–Crippen LogP) is 6.41. The summed E-state index contributed by atoms with van der Waals surface area (Å²) in [4.78, 5) is 25.9. The summed E-state index contributed by atoms with van der Waals surface area (Å²) >= 11 is 0. The molecule has 6 nitrogen and oxygen atoms in total. The average molecular weight is 499 g/mol. The normalized spacial score (nSPS) is 15.4. The molecule has 0 radical (unpaired) electrons. The molecule has 0 bridgehead atoms. The van der Waals surface area contributed by atoms with Crippen molar-refractivity contribution in [2.75, 3.05) is 5.32 Å². The van der Waals surface area contributed by atoms with Crippen LogP contribution in [0.1, 0.15) is 24.8 Å². The second-order valence-electron chi connectivity index (χ2n) is 9.54. The van der Waals surface area contributed by atoms with E-state index in [0.29, 0.717) is 17.0 Å². The van der Waals surface area contributed by atoms with E-state index in [2.05, 4.69) is 69.4 Å². The van der Waals surface area contributed by atoms with Crippen molar-refractivity contribution in [2.45, 2.75) is 19.3 Å². The van der Waals surface area contributed by atoms with Gasteiger partial charge in [-0.3, -0.25) is 14.7 Å². The Balaban J connectivity index is 1.25. The zero-order chi connectivity index (χ0) is 26.1. The van der Waals surface area contributed by atoms with E-state index >= 15 is 0 Å². The number of H-pyrrole nitrogens is 1. The Morgan fingerprint density at radius 1 is 0.842 bits per heavy atom. The molecule has 186 valence electrons. The quantitative estimate of drug-likeness (QED) is 0.262. The number of nitrogens with one attached hydrogen (secondary N) is 3. The average Bonchev–Trinajstić information content (AvgIpc) is 3.41. The molecule has 1 aliphatic rings. The van der Waals surface area contributed by atoms with E-state index < -0.39 is 0 Å². The molecule has 38 heavy (non-hydrogen) atoms. The predicted molar refractivity (Wildman–Crippen MR) is 150 cm³/mol. The molecule has 4 aromatic carbocycles. The third-order valence-corrected chi connectivity index (χ3v) is 7.05. The Kier molecular flexibility index (Phi) is 6.06. The highest BCUT2D eigenvalue weighted by atomic mass is 16.2. The largest absolute Gasteiger partial charge is 0.330 e. The molecule has 3 N–H and O–H groups in total. The van der Waals surface area contributed by atoms with Gasteiger partial charge < -0.3 is 10.6 Å². The first-order valence-electron chi connectivity index (χ1n) is 12.6. The van der Waals surface area contributed by atoms with Crippen LogP contribution in [0.4, 0.5) is 5.69 Å². The fraction of sp³-hybridized carbons (Fsp3) is 0.0938. The maximum absolute atomic E-state index is 13.4. The molecule has 1 atom stereocenters. The SMILES string of the molecule is CC1=C(C(=O)Nc2ccc3[nH]ncc3c2)C(c2ccc(-c3ccc(-c4ccccc4)cc3)cc2)CC(=O)N1. The van der Waals surface area contributed by atoms with Gasteiger partial charge in [0.05, 0.1) is 11.7 Å². The van der Waals surface area contributed by atoms with Crippen molar-refractivity contribution in [1.29, 1.82) is 0 Å². The van der Waals surface area contributed by atoms with E-state index in [1.807, 2.05) is 48.5 Å². The molecule has 0 fully saturated rings. The lowest BCUT2D eigenvalue weighted by molar-refractivity contribution is -0.121. The Labute approximate surface area is 220 Å². The van der Waals surface area contributed by atoms with E-state index in [4.69, 9.17) is 0 Å². The molecular weight excluding hydrogens is 472 g/mol. The third-order valence-electron chi connectivity index (χ3n) is 7.05. The number of benzene rings is 4. The lowest BCUT2D eigenvalue weighted by Gasteiger charge is -2.27. The molecule has 2 amide bonds. The second kappa shape index (κ2) is 9.82. The molecule has 5 aromatic rings. The molecule has 1 aromatic heterocycles. The van der Waals surface area contributed by atoms with E-state index in [1.54, 1.807) is 13.1 Å². The molecule has 6 rings (SSSR count). The van der Waals surface area contributed by atoms with Crippen molar-refractivity contribution in [3.05, 3.63) is 120 Å². The summed E-state index contributed by atoms with van der Waals surface area (Å²) in [5, 5.41) is 13.7. The smallest absolute Gasteiger partial charge is 0.253 e. The van der Waals surface area contributed by atoms with Gasteiger partial charge in [0.25, 0.3) is 5.91 Å². The van der Waals surface area contributed by atoms with Gasteiger partial charge in [0.15, 0.2) is 0 Å². The van der Waals surface area contributed by atoms with Gasteiger partial charge in [0, 0.05) is 34.7 Å². The molecule has 6 heteroatoms. The van der Waals surface area contributed by atoms with Gasteiger partial charge in [-0.2, -0.15) is 5.10 Å². The summed E-state index contributed by atoms with van der Waals surface area (Å²) in [6.07, 6.45) is 1.93. The lowest BCUT2D eigenvalue weighted by Crippen LogP contribution is -2.35. The molecular formula is C32H26N4O2. The minimum absolute atomic E-state index is 0.0931. The highest BCUT2D eigenvalue weighted by Crippen LogP contribution is 2.35. The summed E-state index contributed by atoms with van der Waals surface area (Å²) in [7, 11) is 0. The van der Waals surface area contributed by atoms with Gasteiger partial charge in [0.1, 0.15) is 0 Å². The number of fused-ring (bicyclic) bond motifs is 1. The number of amides is 2. The van der Waals surface area contributed by atoms with Crippen LogP contribution in [0.2, 0.25) is 0 Å². The van der Waals surface area contributed by atoms with Crippen LogP contribution < -0.4 is 10.6 Å². The van der Waals surface area contributed by atoms with Crippen LogP contribution in [-0.4, -0.2) is 22.0 Å². The van der Waals surface area contributed by atoms with Crippen LogP contribution in [-0.2, 0) is 9.59 Å². The van der Waals surface area contributed by atoms with Crippen molar-refractivity contribution in [2.24, 2.45) is 0 Å².